The number of likely N-dealkylation sites (N-methyl/N-ethyl adjacent to an activating group) is 1. The zero-order chi connectivity index (χ0) is 28.8. The molecule has 0 radical (unpaired) electrons. The number of carbonyl (C=O) groups excluding carboxylic acids is 1. The van der Waals surface area contributed by atoms with Gasteiger partial charge in [-0.15, -0.1) is 0 Å². The van der Waals surface area contributed by atoms with Gasteiger partial charge in [0.2, 0.25) is 11.8 Å². The van der Waals surface area contributed by atoms with E-state index in [1.165, 1.54) is 4.31 Å². The molecule has 12 heteroatoms. The highest BCUT2D eigenvalue weighted by Gasteiger charge is 2.54. The molecule has 2 aromatic heterocycles. The SMILES string of the molecule is CN(C)CCCOc1ncc(-c2ccc3ncc4c(c3c2)C2(CCC2)C(=O)N4C)cc1NS(=O)(=O)N1CCOCC1. The van der Waals surface area contributed by atoms with Crippen molar-refractivity contribution in [2.24, 2.45) is 0 Å². The van der Waals surface area contributed by atoms with Crippen LogP contribution in [0.3, 0.4) is 0 Å². The number of aromatic nitrogens is 2. The van der Waals surface area contributed by atoms with Crippen LogP contribution in [-0.4, -0.2) is 94.1 Å². The van der Waals surface area contributed by atoms with E-state index in [0.29, 0.717) is 19.8 Å². The second-order valence-corrected chi connectivity index (χ2v) is 12.9. The van der Waals surface area contributed by atoms with Gasteiger partial charge in [0, 0.05) is 49.4 Å². The van der Waals surface area contributed by atoms with E-state index in [9.17, 15) is 13.2 Å². The van der Waals surface area contributed by atoms with E-state index >= 15 is 0 Å². The monoisotopic (exact) mass is 580 g/mol. The Balaban J connectivity index is 1.38. The molecule has 3 aromatic rings. The Labute approximate surface area is 240 Å². The molecule has 0 atom stereocenters. The third-order valence-corrected chi connectivity index (χ3v) is 9.85. The molecule has 1 N–H and O–H groups in total. The van der Waals surface area contributed by atoms with Gasteiger partial charge in [0.05, 0.1) is 42.6 Å². The number of morpholine rings is 1. The van der Waals surface area contributed by atoms with Crippen molar-refractivity contribution >= 4 is 38.4 Å². The topological polar surface area (TPSA) is 117 Å². The molecule has 1 saturated heterocycles. The van der Waals surface area contributed by atoms with Crippen molar-refractivity contribution in [2.75, 3.05) is 70.2 Å². The lowest BCUT2D eigenvalue weighted by molar-refractivity contribution is -0.125. The van der Waals surface area contributed by atoms with Crippen molar-refractivity contribution in [3.63, 3.8) is 0 Å². The fourth-order valence-electron chi connectivity index (χ4n) is 5.99. The third-order valence-electron chi connectivity index (χ3n) is 8.33. The van der Waals surface area contributed by atoms with Crippen molar-refractivity contribution in [2.45, 2.75) is 31.1 Å². The number of ether oxygens (including phenoxy) is 2. The van der Waals surface area contributed by atoms with E-state index in [-0.39, 0.29) is 30.6 Å². The molecule has 0 bridgehead atoms. The van der Waals surface area contributed by atoms with Gasteiger partial charge in [-0.2, -0.15) is 12.7 Å². The molecule has 3 aliphatic rings. The van der Waals surface area contributed by atoms with E-state index in [1.807, 2.05) is 39.3 Å². The standard InChI is InChI=1S/C29H36N6O5S/c1-33(2)10-5-13-40-27-24(32-41(37,38)35-11-14-39-15-12-35)17-21(18-31-27)20-6-7-23-22(16-20)26-25(19-30-23)34(3)28(36)29(26)8-4-9-29/h6-7,16-19,32H,4-5,8-15H2,1-3H3. The smallest absolute Gasteiger partial charge is 0.301 e. The van der Waals surface area contributed by atoms with Crippen LogP contribution in [0.4, 0.5) is 11.4 Å². The lowest BCUT2D eigenvalue weighted by Crippen LogP contribution is -2.43. The highest BCUT2D eigenvalue weighted by atomic mass is 32.2. The molecule has 4 heterocycles. The summed E-state index contributed by atoms with van der Waals surface area (Å²) < 4.78 is 41.9. The molecule has 1 saturated carbocycles. The molecule has 41 heavy (non-hydrogen) atoms. The van der Waals surface area contributed by atoms with Gasteiger partial charge >= 0.3 is 10.2 Å². The fourth-order valence-corrected chi connectivity index (χ4v) is 7.17. The molecule has 0 unspecified atom stereocenters. The van der Waals surface area contributed by atoms with Crippen LogP contribution in [0.1, 0.15) is 31.2 Å². The first-order valence-corrected chi connectivity index (χ1v) is 15.5. The maximum Gasteiger partial charge on any atom is 0.301 e. The Morgan fingerprint density at radius 1 is 1.10 bits per heavy atom. The number of fused-ring (bicyclic) bond motifs is 4. The second kappa shape index (κ2) is 10.8. The van der Waals surface area contributed by atoms with Crippen LogP contribution < -0.4 is 14.4 Å². The zero-order valence-corrected chi connectivity index (χ0v) is 24.5. The van der Waals surface area contributed by atoms with E-state index in [0.717, 1.165) is 65.5 Å². The Kier molecular flexibility index (Phi) is 7.35. The summed E-state index contributed by atoms with van der Waals surface area (Å²) in [5.41, 5.74) is 4.10. The van der Waals surface area contributed by atoms with Crippen LogP contribution in [0.5, 0.6) is 5.88 Å². The quantitative estimate of drug-likeness (QED) is 0.384. The Bertz CT molecular complexity index is 1580. The molecule has 11 nitrogen and oxygen atoms in total. The lowest BCUT2D eigenvalue weighted by atomic mass is 9.64. The van der Waals surface area contributed by atoms with Crippen LogP contribution in [0.15, 0.2) is 36.7 Å². The summed E-state index contributed by atoms with van der Waals surface area (Å²) in [7, 11) is 1.95. The van der Waals surface area contributed by atoms with Gasteiger partial charge in [0.1, 0.15) is 5.69 Å². The Morgan fingerprint density at radius 3 is 2.59 bits per heavy atom. The van der Waals surface area contributed by atoms with Crippen molar-refractivity contribution < 1.29 is 22.7 Å². The highest BCUT2D eigenvalue weighted by molar-refractivity contribution is 7.90. The van der Waals surface area contributed by atoms with Crippen LogP contribution in [0.2, 0.25) is 0 Å². The molecule has 6 rings (SSSR count). The molecule has 1 aliphatic carbocycles. The molecule has 218 valence electrons. The molecule has 1 amide bonds. The minimum absolute atomic E-state index is 0.135. The molecule has 1 spiro atoms. The molecular formula is C29H36N6O5S. The van der Waals surface area contributed by atoms with Crippen LogP contribution in [0.25, 0.3) is 22.0 Å². The van der Waals surface area contributed by atoms with Crippen LogP contribution in [0, 0.1) is 0 Å². The minimum Gasteiger partial charge on any atom is -0.476 e. The number of nitrogens with zero attached hydrogens (tertiary/aromatic N) is 5. The number of hydrogen-bond acceptors (Lipinski definition) is 8. The molecular weight excluding hydrogens is 544 g/mol. The lowest BCUT2D eigenvalue weighted by Gasteiger charge is -2.37. The normalized spacial score (nSPS) is 18.6. The fraction of sp³-hybridized carbons (Fsp3) is 0.483. The number of anilines is 2. The van der Waals surface area contributed by atoms with Crippen molar-refractivity contribution in [3.8, 4) is 17.0 Å². The first-order valence-electron chi connectivity index (χ1n) is 14.0. The number of benzene rings is 1. The Morgan fingerprint density at radius 2 is 1.88 bits per heavy atom. The summed E-state index contributed by atoms with van der Waals surface area (Å²) in [5.74, 6) is 0.365. The van der Waals surface area contributed by atoms with Gasteiger partial charge in [0.25, 0.3) is 0 Å². The average Bonchev–Trinajstić information content (AvgIpc) is 3.18. The van der Waals surface area contributed by atoms with E-state index in [4.69, 9.17) is 9.47 Å². The van der Waals surface area contributed by atoms with E-state index in [1.54, 1.807) is 23.4 Å². The summed E-state index contributed by atoms with van der Waals surface area (Å²) in [6, 6.07) is 7.71. The second-order valence-electron chi connectivity index (χ2n) is 11.3. The summed E-state index contributed by atoms with van der Waals surface area (Å²) >= 11 is 0. The Hall–Kier alpha value is -3.32. The zero-order valence-electron chi connectivity index (χ0n) is 23.7. The minimum atomic E-state index is -3.85. The molecule has 2 aliphatic heterocycles. The van der Waals surface area contributed by atoms with Crippen molar-refractivity contribution in [3.05, 3.63) is 42.2 Å². The number of carbonyl (C=O) groups is 1. The highest BCUT2D eigenvalue weighted by Crippen LogP contribution is 2.55. The number of amides is 1. The predicted octanol–water partition coefficient (Wildman–Crippen LogP) is 3.01. The van der Waals surface area contributed by atoms with Crippen molar-refractivity contribution in [1.82, 2.24) is 19.2 Å². The summed E-state index contributed by atoms with van der Waals surface area (Å²) in [5, 5.41) is 0.942. The van der Waals surface area contributed by atoms with Gasteiger partial charge in [-0.25, -0.2) is 4.98 Å². The van der Waals surface area contributed by atoms with Gasteiger partial charge < -0.3 is 19.3 Å². The summed E-state index contributed by atoms with van der Waals surface area (Å²) in [4.78, 5) is 26.2. The molecule has 1 aromatic carbocycles. The van der Waals surface area contributed by atoms with Gasteiger partial charge in [-0.3, -0.25) is 14.5 Å². The average molecular weight is 581 g/mol. The summed E-state index contributed by atoms with van der Waals surface area (Å²) in [6.07, 6.45) is 6.95. The first-order chi connectivity index (χ1) is 19.7. The van der Waals surface area contributed by atoms with Crippen LogP contribution in [-0.2, 0) is 25.2 Å². The maximum atomic E-state index is 13.3. The van der Waals surface area contributed by atoms with Gasteiger partial charge in [0.15, 0.2) is 0 Å². The predicted molar refractivity (Wildman–Crippen MR) is 158 cm³/mol. The van der Waals surface area contributed by atoms with E-state index in [2.05, 4.69) is 19.6 Å². The number of rotatable bonds is 9. The van der Waals surface area contributed by atoms with Gasteiger partial charge in [-0.1, -0.05) is 12.5 Å². The largest absolute Gasteiger partial charge is 0.476 e. The first kappa shape index (κ1) is 27.8. The molecule has 2 fully saturated rings. The number of nitrogens with one attached hydrogen (secondary N) is 1. The number of hydrogen-bond donors (Lipinski definition) is 1. The third kappa shape index (κ3) is 5.03. The van der Waals surface area contributed by atoms with Gasteiger partial charge in [-0.05, 0) is 57.1 Å². The maximum absolute atomic E-state index is 13.3. The van der Waals surface area contributed by atoms with Crippen LogP contribution >= 0.6 is 0 Å². The summed E-state index contributed by atoms with van der Waals surface area (Å²) in [6.45, 7) is 2.48. The van der Waals surface area contributed by atoms with E-state index < -0.39 is 15.6 Å². The number of pyridine rings is 2. The van der Waals surface area contributed by atoms with Crippen molar-refractivity contribution in [1.29, 1.82) is 0 Å².